The van der Waals surface area contributed by atoms with Gasteiger partial charge in [0.15, 0.2) is 15.6 Å². The number of benzene rings is 2. The number of rotatable bonds is 20. The maximum atomic E-state index is 14.2. The number of sulfone groups is 1. The summed E-state index contributed by atoms with van der Waals surface area (Å²) in [5.74, 6) is -8.35. The molecule has 0 heterocycles. The van der Waals surface area contributed by atoms with E-state index in [-0.39, 0.29) is 13.0 Å². The van der Waals surface area contributed by atoms with Crippen LogP contribution in [-0.2, 0) is 62.8 Å². The third kappa shape index (κ3) is 13.9. The zero-order valence-corrected chi connectivity index (χ0v) is 30.2. The van der Waals surface area contributed by atoms with Crippen LogP contribution in [0.15, 0.2) is 78.2 Å². The Morgan fingerprint density at radius 1 is 0.808 bits per heavy atom. The van der Waals surface area contributed by atoms with E-state index in [2.05, 4.69) is 10.6 Å². The van der Waals surface area contributed by atoms with Crippen molar-refractivity contribution < 1.29 is 52.1 Å². The molecule has 0 saturated carbocycles. The van der Waals surface area contributed by atoms with Crippen LogP contribution < -0.4 is 10.6 Å². The van der Waals surface area contributed by atoms with Gasteiger partial charge in [-0.2, -0.15) is 0 Å². The van der Waals surface area contributed by atoms with Gasteiger partial charge in [-0.25, -0.2) is 8.42 Å². The molecule has 13 nitrogen and oxygen atoms in total. The molecular formula is C38H46N2O11S. The molecule has 1 aliphatic carbocycles. The minimum absolute atomic E-state index is 0.0678. The van der Waals surface area contributed by atoms with Gasteiger partial charge >= 0.3 is 17.9 Å². The molecular weight excluding hydrogens is 692 g/mol. The molecule has 4 N–H and O–H groups in total. The van der Waals surface area contributed by atoms with E-state index in [0.29, 0.717) is 18.4 Å². The van der Waals surface area contributed by atoms with Gasteiger partial charge in [0, 0.05) is 24.0 Å². The fourth-order valence-electron chi connectivity index (χ4n) is 6.03. The predicted octanol–water partition coefficient (Wildman–Crippen LogP) is 3.42. The van der Waals surface area contributed by atoms with E-state index >= 15 is 0 Å². The van der Waals surface area contributed by atoms with Crippen LogP contribution in [0.2, 0.25) is 0 Å². The second-order valence-corrected chi connectivity index (χ2v) is 15.3. The SMILES string of the molecule is CC(C)[C@H](CC(=O)[C@@H](NC(=O)[C@H](CC(=O)O)CC(=O)OCc1ccccc1)C1Cc2ccccc2C1)C(=O)N[C@H](/C=C/C=C/S(C)(=O)=O)CC(=O)O. The third-order valence-electron chi connectivity index (χ3n) is 8.71. The summed E-state index contributed by atoms with van der Waals surface area (Å²) in [4.78, 5) is 77.4. The molecule has 0 spiro atoms. The average molecular weight is 739 g/mol. The molecule has 14 heteroatoms. The number of Topliss-reactive ketones (excluding diaryl/α,β-unsaturated/α-hetero) is 1. The van der Waals surface area contributed by atoms with Gasteiger partial charge in [0.1, 0.15) is 6.61 Å². The number of hydrogen-bond acceptors (Lipinski definition) is 9. The lowest BCUT2D eigenvalue weighted by Crippen LogP contribution is -2.50. The molecule has 2 aromatic rings. The molecule has 2 amide bonds. The van der Waals surface area contributed by atoms with Gasteiger partial charge in [-0.05, 0) is 41.4 Å². The zero-order chi connectivity index (χ0) is 38.4. The number of aliphatic carboxylic acids is 2. The smallest absolute Gasteiger partial charge is 0.306 e. The molecule has 1 aliphatic rings. The van der Waals surface area contributed by atoms with Crippen molar-refractivity contribution in [1.29, 1.82) is 0 Å². The van der Waals surface area contributed by atoms with Gasteiger partial charge in [0.25, 0.3) is 0 Å². The Balaban J connectivity index is 1.82. The van der Waals surface area contributed by atoms with Crippen molar-refractivity contribution in [3.8, 4) is 0 Å². The molecule has 0 aliphatic heterocycles. The summed E-state index contributed by atoms with van der Waals surface area (Å²) >= 11 is 0. The van der Waals surface area contributed by atoms with E-state index < -0.39 is 100 Å². The highest BCUT2D eigenvalue weighted by atomic mass is 32.2. The Morgan fingerprint density at radius 2 is 1.40 bits per heavy atom. The monoisotopic (exact) mass is 738 g/mol. The maximum absolute atomic E-state index is 14.2. The summed E-state index contributed by atoms with van der Waals surface area (Å²) in [7, 11) is -3.43. The second kappa shape index (κ2) is 19.5. The van der Waals surface area contributed by atoms with Gasteiger partial charge < -0.3 is 25.6 Å². The number of esters is 1. The highest BCUT2D eigenvalue weighted by molar-refractivity contribution is 7.93. The minimum Gasteiger partial charge on any atom is -0.481 e. The maximum Gasteiger partial charge on any atom is 0.306 e. The Bertz CT molecular complexity index is 1740. The number of nitrogens with one attached hydrogen (secondary N) is 2. The van der Waals surface area contributed by atoms with Gasteiger partial charge in [-0.1, -0.05) is 86.7 Å². The van der Waals surface area contributed by atoms with Crippen molar-refractivity contribution in [2.45, 2.75) is 71.1 Å². The topological polar surface area (TPSA) is 210 Å². The van der Waals surface area contributed by atoms with E-state index in [1.807, 2.05) is 24.3 Å². The van der Waals surface area contributed by atoms with E-state index in [1.54, 1.807) is 44.2 Å². The Labute approximate surface area is 303 Å². The van der Waals surface area contributed by atoms with Gasteiger partial charge in [0.05, 0.1) is 37.3 Å². The van der Waals surface area contributed by atoms with Crippen molar-refractivity contribution >= 4 is 45.3 Å². The van der Waals surface area contributed by atoms with Crippen LogP contribution in [0.25, 0.3) is 0 Å². The number of fused-ring (bicyclic) bond motifs is 1. The van der Waals surface area contributed by atoms with Gasteiger partial charge in [-0.3, -0.25) is 28.8 Å². The fourth-order valence-corrected chi connectivity index (χ4v) is 6.41. The number of ether oxygens (including phenoxy) is 1. The standard InChI is InChI=1S/C38H46N2O11S/c1-24(2)31(38(48)39-30(21-34(44)45)15-9-10-16-52(3,49)50)22-32(41)36(28-17-26-13-7-8-14-27(26)18-28)40-37(47)29(19-33(42)43)20-35(46)51-23-25-11-5-4-6-12-25/h4-16,24,28-31,36H,17-23H2,1-3H3,(H,39,48)(H,40,47)(H,42,43)(H,44,45)/b15-9+,16-10+/t29-,30-,31+,36+/m1/s1. The number of hydrogen-bond donors (Lipinski definition) is 4. The van der Waals surface area contributed by atoms with Crippen LogP contribution in [-0.4, -0.2) is 72.5 Å². The quantitative estimate of drug-likeness (QED) is 0.114. The molecule has 0 saturated heterocycles. The molecule has 0 aromatic heterocycles. The highest BCUT2D eigenvalue weighted by Crippen LogP contribution is 2.31. The van der Waals surface area contributed by atoms with Crippen LogP contribution in [0, 0.1) is 23.7 Å². The Hall–Kier alpha value is -5.11. The Kier molecular flexibility index (Phi) is 15.5. The minimum atomic E-state index is -3.43. The molecule has 52 heavy (non-hydrogen) atoms. The number of carbonyl (C=O) groups excluding carboxylic acids is 4. The van der Waals surface area contributed by atoms with Crippen LogP contribution >= 0.6 is 0 Å². The number of allylic oxidation sites excluding steroid dienone is 2. The number of amides is 2. The number of carboxylic acid groups (broad SMARTS) is 2. The molecule has 280 valence electrons. The molecule has 4 atom stereocenters. The first kappa shape index (κ1) is 41.3. The second-order valence-electron chi connectivity index (χ2n) is 13.3. The molecule has 0 unspecified atom stereocenters. The van der Waals surface area contributed by atoms with Crippen LogP contribution in [0.3, 0.4) is 0 Å². The van der Waals surface area contributed by atoms with E-state index in [0.717, 1.165) is 22.8 Å². The van der Waals surface area contributed by atoms with Crippen molar-refractivity contribution in [3.63, 3.8) is 0 Å². The molecule has 0 fully saturated rings. The fraction of sp³-hybridized carbons (Fsp3) is 0.421. The van der Waals surface area contributed by atoms with Crippen LogP contribution in [0.1, 0.15) is 56.2 Å². The molecule has 0 radical (unpaired) electrons. The lowest BCUT2D eigenvalue weighted by Gasteiger charge is -2.28. The Morgan fingerprint density at radius 3 is 1.96 bits per heavy atom. The third-order valence-corrected chi connectivity index (χ3v) is 9.36. The van der Waals surface area contributed by atoms with Crippen molar-refractivity contribution in [1.82, 2.24) is 10.6 Å². The normalized spacial score (nSPS) is 15.5. The molecule has 0 bridgehead atoms. The molecule has 2 aromatic carbocycles. The zero-order valence-electron chi connectivity index (χ0n) is 29.4. The van der Waals surface area contributed by atoms with E-state index in [4.69, 9.17) is 4.74 Å². The lowest BCUT2D eigenvalue weighted by molar-refractivity contribution is -0.150. The highest BCUT2D eigenvalue weighted by Gasteiger charge is 2.38. The summed E-state index contributed by atoms with van der Waals surface area (Å²) in [5, 5.41) is 25.3. The average Bonchev–Trinajstić information content (AvgIpc) is 3.50. The van der Waals surface area contributed by atoms with Crippen molar-refractivity contribution in [3.05, 3.63) is 94.9 Å². The number of carbonyl (C=O) groups is 6. The number of carboxylic acids is 2. The van der Waals surface area contributed by atoms with Gasteiger partial charge in [0.2, 0.25) is 11.8 Å². The largest absolute Gasteiger partial charge is 0.481 e. The first-order valence-electron chi connectivity index (χ1n) is 16.9. The summed E-state index contributed by atoms with van der Waals surface area (Å²) in [6.07, 6.45) is 3.63. The predicted molar refractivity (Wildman–Crippen MR) is 191 cm³/mol. The van der Waals surface area contributed by atoms with E-state index in [9.17, 15) is 47.4 Å². The first-order valence-corrected chi connectivity index (χ1v) is 18.9. The van der Waals surface area contributed by atoms with Gasteiger partial charge in [-0.15, -0.1) is 0 Å². The summed E-state index contributed by atoms with van der Waals surface area (Å²) in [6, 6.07) is 14.2. The summed E-state index contributed by atoms with van der Waals surface area (Å²) < 4.78 is 28.1. The van der Waals surface area contributed by atoms with Crippen LogP contribution in [0.5, 0.6) is 0 Å². The number of ketones is 1. The van der Waals surface area contributed by atoms with Crippen LogP contribution in [0.4, 0.5) is 0 Å². The summed E-state index contributed by atoms with van der Waals surface area (Å²) in [6.45, 7) is 3.37. The molecule has 3 rings (SSSR count). The lowest BCUT2D eigenvalue weighted by atomic mass is 9.83. The first-order chi connectivity index (χ1) is 24.5. The summed E-state index contributed by atoms with van der Waals surface area (Å²) in [5.41, 5.74) is 2.68. The van der Waals surface area contributed by atoms with Crippen molar-refractivity contribution in [2.24, 2.45) is 23.7 Å². The van der Waals surface area contributed by atoms with Crippen molar-refractivity contribution in [2.75, 3.05) is 6.26 Å². The van der Waals surface area contributed by atoms with E-state index in [1.165, 1.54) is 18.2 Å².